The van der Waals surface area contributed by atoms with E-state index >= 15 is 0 Å². The van der Waals surface area contributed by atoms with E-state index in [0.717, 1.165) is 42.5 Å². The predicted octanol–water partition coefficient (Wildman–Crippen LogP) is 6.67. The Kier molecular flexibility index (Phi) is 7.88. The minimum absolute atomic E-state index is 0.0289. The Morgan fingerprint density at radius 3 is 2.19 bits per heavy atom. The number of carbonyl (C=O) groups is 2. The Morgan fingerprint density at radius 2 is 1.61 bits per heavy atom. The summed E-state index contributed by atoms with van der Waals surface area (Å²) in [6.45, 7) is 6.02. The zero-order chi connectivity index (χ0) is 25.7. The zero-order valence-electron chi connectivity index (χ0n) is 21.0. The van der Waals surface area contributed by atoms with Crippen LogP contribution in [0.2, 0.25) is 0 Å². The van der Waals surface area contributed by atoms with Gasteiger partial charge in [-0.25, -0.2) is 9.48 Å². The molecule has 0 aliphatic heterocycles. The Morgan fingerprint density at radius 1 is 1.00 bits per heavy atom. The van der Waals surface area contributed by atoms with Crippen molar-refractivity contribution in [3.63, 3.8) is 0 Å². The van der Waals surface area contributed by atoms with E-state index in [0.29, 0.717) is 5.92 Å². The lowest BCUT2D eigenvalue weighted by atomic mass is 9.82. The lowest BCUT2D eigenvalue weighted by Gasteiger charge is -2.32. The van der Waals surface area contributed by atoms with Crippen molar-refractivity contribution >= 4 is 30.0 Å². The molecule has 7 nitrogen and oxygen atoms in total. The number of carboxylic acid groups (broad SMARTS) is 1. The van der Waals surface area contributed by atoms with Crippen molar-refractivity contribution in [2.75, 3.05) is 4.90 Å². The summed E-state index contributed by atoms with van der Waals surface area (Å²) in [6.07, 6.45) is 7.83. The zero-order valence-corrected chi connectivity index (χ0v) is 21.0. The molecular formula is C29H33N3O4. The maximum absolute atomic E-state index is 13.5. The highest BCUT2D eigenvalue weighted by Crippen LogP contribution is 2.35. The van der Waals surface area contributed by atoms with Gasteiger partial charge in [0.25, 0.3) is 0 Å². The highest BCUT2D eigenvalue weighted by atomic mass is 16.7. The van der Waals surface area contributed by atoms with E-state index in [9.17, 15) is 14.7 Å². The second-order valence-corrected chi connectivity index (χ2v) is 9.72. The van der Waals surface area contributed by atoms with Gasteiger partial charge in [0.05, 0.1) is 11.9 Å². The summed E-state index contributed by atoms with van der Waals surface area (Å²) in [5, 5.41) is 14.0. The first kappa shape index (κ1) is 25.2. The lowest BCUT2D eigenvalue weighted by molar-refractivity contribution is -0.124. The third-order valence-corrected chi connectivity index (χ3v) is 6.63. The van der Waals surface area contributed by atoms with Crippen LogP contribution in [0.5, 0.6) is 5.75 Å². The number of hydrogen-bond acceptors (Lipinski definition) is 4. The number of rotatable bonds is 7. The molecule has 0 atom stereocenters. The van der Waals surface area contributed by atoms with E-state index in [1.165, 1.54) is 6.20 Å². The summed E-state index contributed by atoms with van der Waals surface area (Å²) in [6, 6.07) is 17.6. The lowest BCUT2D eigenvalue weighted by Crippen LogP contribution is -2.42. The summed E-state index contributed by atoms with van der Waals surface area (Å²) in [5.41, 5.74) is 2.86. The van der Waals surface area contributed by atoms with Crippen molar-refractivity contribution in [1.29, 1.82) is 0 Å². The third-order valence-electron chi connectivity index (χ3n) is 6.63. The molecular weight excluding hydrogens is 454 g/mol. The molecule has 4 rings (SSSR count). The Hall–Kier alpha value is -3.87. The van der Waals surface area contributed by atoms with Crippen LogP contribution in [-0.4, -0.2) is 33.0 Å². The molecule has 1 fully saturated rings. The molecule has 7 heteroatoms. The van der Waals surface area contributed by atoms with Crippen LogP contribution in [0.3, 0.4) is 0 Å². The number of aromatic nitrogens is 2. The molecule has 1 saturated carbocycles. The van der Waals surface area contributed by atoms with Gasteiger partial charge in [-0.1, -0.05) is 61.5 Å². The molecule has 0 unspecified atom stereocenters. The molecule has 0 saturated heterocycles. The highest BCUT2D eigenvalue weighted by molar-refractivity contribution is 5.96. The minimum Gasteiger partial charge on any atom is -0.449 e. The Labute approximate surface area is 212 Å². The summed E-state index contributed by atoms with van der Waals surface area (Å²) in [4.78, 5) is 26.5. The molecule has 1 aliphatic rings. The number of hydrogen-bond donors (Lipinski definition) is 1. The molecule has 1 aromatic heterocycles. The van der Waals surface area contributed by atoms with Crippen LogP contribution in [0.25, 0.3) is 17.8 Å². The predicted molar refractivity (Wildman–Crippen MR) is 141 cm³/mol. The molecule has 0 radical (unpaired) electrons. The monoisotopic (exact) mass is 487 g/mol. The Balaban J connectivity index is 1.61. The fraction of sp³-hybridized carbons (Fsp3) is 0.345. The van der Waals surface area contributed by atoms with Gasteiger partial charge in [0.1, 0.15) is 0 Å². The maximum atomic E-state index is 13.5. The van der Waals surface area contributed by atoms with Crippen LogP contribution in [0.4, 0.5) is 10.6 Å². The van der Waals surface area contributed by atoms with E-state index in [1.807, 2.05) is 80.6 Å². The van der Waals surface area contributed by atoms with Crippen molar-refractivity contribution in [3.8, 4) is 11.4 Å². The molecule has 0 bridgehead atoms. The summed E-state index contributed by atoms with van der Waals surface area (Å²) in [7, 11) is 0. The average molecular weight is 488 g/mol. The second-order valence-electron chi connectivity index (χ2n) is 9.72. The van der Waals surface area contributed by atoms with Gasteiger partial charge >= 0.3 is 6.16 Å². The number of benzene rings is 2. The number of nitrogens with zero attached hydrogens (tertiary/aromatic N) is 3. The fourth-order valence-electron chi connectivity index (χ4n) is 4.62. The van der Waals surface area contributed by atoms with Gasteiger partial charge in [-0.2, -0.15) is 0 Å². The van der Waals surface area contributed by atoms with Gasteiger partial charge in [0, 0.05) is 12.0 Å². The smallest absolute Gasteiger partial charge is 0.449 e. The van der Waals surface area contributed by atoms with Gasteiger partial charge in [-0.3, -0.25) is 9.69 Å². The van der Waals surface area contributed by atoms with Gasteiger partial charge in [0.15, 0.2) is 5.75 Å². The van der Waals surface area contributed by atoms with Crippen molar-refractivity contribution in [2.45, 2.75) is 52.5 Å². The highest BCUT2D eigenvalue weighted by Gasteiger charge is 2.34. The molecule has 36 heavy (non-hydrogen) atoms. The fourth-order valence-corrected chi connectivity index (χ4v) is 4.62. The normalized spacial score (nSPS) is 17.9. The minimum atomic E-state index is -1.44. The van der Waals surface area contributed by atoms with Gasteiger partial charge < -0.3 is 9.84 Å². The van der Waals surface area contributed by atoms with Crippen LogP contribution in [0, 0.1) is 11.8 Å². The molecule has 2 aromatic carbocycles. The largest absolute Gasteiger partial charge is 0.511 e. The van der Waals surface area contributed by atoms with Crippen molar-refractivity contribution < 1.29 is 19.4 Å². The van der Waals surface area contributed by atoms with Crippen molar-refractivity contribution in [2.24, 2.45) is 11.8 Å². The van der Waals surface area contributed by atoms with E-state index < -0.39 is 6.16 Å². The molecule has 3 aromatic rings. The summed E-state index contributed by atoms with van der Waals surface area (Å²) < 4.78 is 6.63. The van der Waals surface area contributed by atoms with E-state index in [2.05, 4.69) is 12.0 Å². The van der Waals surface area contributed by atoms with E-state index in [1.54, 1.807) is 9.58 Å². The summed E-state index contributed by atoms with van der Waals surface area (Å²) >= 11 is 0. The molecule has 1 N–H and O–H groups in total. The van der Waals surface area contributed by atoms with Gasteiger partial charge in [-0.05, 0) is 68.7 Å². The SMILES string of the molecule is CC(C)N(c1nn(-c2ccc(/C=C\c3ccccc3)cc2)cc1OC(=O)O)C(=O)[C@H]1CC[C@H](C)CC1. The van der Waals surface area contributed by atoms with E-state index in [-0.39, 0.29) is 29.4 Å². The van der Waals surface area contributed by atoms with Crippen molar-refractivity contribution in [3.05, 3.63) is 71.9 Å². The molecule has 1 aliphatic carbocycles. The van der Waals surface area contributed by atoms with Crippen LogP contribution < -0.4 is 9.64 Å². The number of amides is 1. The Bertz CT molecular complexity index is 1210. The number of anilines is 1. The first-order valence-corrected chi connectivity index (χ1v) is 12.5. The second kappa shape index (κ2) is 11.2. The molecule has 1 amide bonds. The number of carbonyl (C=O) groups excluding carboxylic acids is 1. The molecule has 0 spiro atoms. The quantitative estimate of drug-likeness (QED) is 0.297. The molecule has 1 heterocycles. The van der Waals surface area contributed by atoms with Crippen LogP contribution in [-0.2, 0) is 4.79 Å². The third kappa shape index (κ3) is 6.03. The summed E-state index contributed by atoms with van der Waals surface area (Å²) in [5.74, 6) is 0.768. The van der Waals surface area contributed by atoms with Crippen LogP contribution in [0.1, 0.15) is 57.6 Å². The average Bonchev–Trinajstić information content (AvgIpc) is 3.26. The molecule has 188 valence electrons. The van der Waals surface area contributed by atoms with E-state index in [4.69, 9.17) is 4.74 Å². The van der Waals surface area contributed by atoms with Crippen molar-refractivity contribution in [1.82, 2.24) is 9.78 Å². The first-order valence-electron chi connectivity index (χ1n) is 12.5. The van der Waals surface area contributed by atoms with Crippen LogP contribution in [0.15, 0.2) is 60.8 Å². The van der Waals surface area contributed by atoms with Gasteiger partial charge in [-0.15, -0.1) is 5.10 Å². The number of ether oxygens (including phenoxy) is 1. The maximum Gasteiger partial charge on any atom is 0.511 e. The van der Waals surface area contributed by atoms with Gasteiger partial charge in [0.2, 0.25) is 11.7 Å². The standard InChI is InChI=1S/C29H33N3O4/c1-20(2)32(28(33)24-15-9-21(3)10-16-24)27-26(36-29(34)35)19-31(30-27)25-17-13-23(14-18-25)12-11-22-7-5-4-6-8-22/h4-8,11-14,17-21,24H,9-10,15-16H2,1-3H3,(H,34,35)/b12-11-/t21-,24-. The first-order chi connectivity index (χ1) is 17.3. The topological polar surface area (TPSA) is 84.7 Å². The van der Waals surface area contributed by atoms with Crippen LogP contribution >= 0.6 is 0 Å².